The van der Waals surface area contributed by atoms with Crippen molar-refractivity contribution in [2.45, 2.75) is 13.3 Å². The van der Waals surface area contributed by atoms with E-state index in [4.69, 9.17) is 4.74 Å². The van der Waals surface area contributed by atoms with E-state index < -0.39 is 0 Å². The van der Waals surface area contributed by atoms with Gasteiger partial charge < -0.3 is 9.73 Å². The molecule has 0 unspecified atom stereocenters. The summed E-state index contributed by atoms with van der Waals surface area (Å²) in [6.45, 7) is 1.95. The van der Waals surface area contributed by atoms with Crippen LogP contribution >= 0.6 is 0 Å². The van der Waals surface area contributed by atoms with Crippen LogP contribution in [0.15, 0.2) is 29.3 Å². The van der Waals surface area contributed by atoms with Crippen LogP contribution in [0, 0.1) is 6.92 Å². The fourth-order valence-corrected chi connectivity index (χ4v) is 1.02. The van der Waals surface area contributed by atoms with Crippen LogP contribution in [0.5, 0.6) is 5.75 Å². The molecule has 14 heavy (non-hydrogen) atoms. The van der Waals surface area contributed by atoms with Gasteiger partial charge in [-0.15, -0.1) is 0 Å². The van der Waals surface area contributed by atoms with E-state index in [1.54, 1.807) is 13.1 Å². The molecule has 0 atom stereocenters. The molecular weight excluding hydrogens is 178 g/mol. The molecule has 1 rings (SSSR count). The van der Waals surface area contributed by atoms with Gasteiger partial charge in [0.15, 0.2) is 0 Å². The van der Waals surface area contributed by atoms with Crippen LogP contribution in [0.4, 0.5) is 0 Å². The van der Waals surface area contributed by atoms with Crippen LogP contribution in [-0.4, -0.2) is 19.2 Å². The molecule has 0 bridgehead atoms. The number of ether oxygens (including phenoxy) is 1. The second-order valence-corrected chi connectivity index (χ2v) is 2.94. The lowest BCUT2D eigenvalue weighted by molar-refractivity contribution is -0.132. The van der Waals surface area contributed by atoms with Gasteiger partial charge in [0, 0.05) is 13.3 Å². The van der Waals surface area contributed by atoms with Crippen molar-refractivity contribution in [3.8, 4) is 5.75 Å². The quantitative estimate of drug-likeness (QED) is 0.416. The van der Waals surface area contributed by atoms with Crippen LogP contribution in [-0.2, 0) is 4.79 Å². The molecule has 0 amide bonds. The molecule has 0 aromatic heterocycles. The smallest absolute Gasteiger partial charge is 0.316 e. The summed E-state index contributed by atoms with van der Waals surface area (Å²) < 4.78 is 5.07. The zero-order chi connectivity index (χ0) is 10.4. The van der Waals surface area contributed by atoms with Crippen molar-refractivity contribution in [3.63, 3.8) is 0 Å². The lowest BCUT2D eigenvalue weighted by Crippen LogP contribution is -2.07. The van der Waals surface area contributed by atoms with E-state index in [2.05, 4.69) is 4.99 Å². The summed E-state index contributed by atoms with van der Waals surface area (Å²) in [7, 11) is 1.62. The number of carbonyl (C=O) groups is 1. The van der Waals surface area contributed by atoms with Crippen LogP contribution < -0.4 is 4.74 Å². The molecule has 0 saturated carbocycles. The summed E-state index contributed by atoms with van der Waals surface area (Å²) in [5, 5.41) is 0. The monoisotopic (exact) mass is 191 g/mol. The van der Waals surface area contributed by atoms with Crippen LogP contribution in [0.25, 0.3) is 0 Å². The van der Waals surface area contributed by atoms with Crippen LogP contribution in [0.3, 0.4) is 0 Å². The van der Waals surface area contributed by atoms with Crippen molar-refractivity contribution >= 4 is 12.2 Å². The van der Waals surface area contributed by atoms with Crippen LogP contribution in [0.2, 0.25) is 0 Å². The van der Waals surface area contributed by atoms with Crippen molar-refractivity contribution in [1.29, 1.82) is 0 Å². The predicted molar refractivity (Wildman–Crippen MR) is 55.8 cm³/mol. The van der Waals surface area contributed by atoms with E-state index in [1.807, 2.05) is 25.1 Å². The second kappa shape index (κ2) is 5.17. The number of aliphatic imine (C=N–C) groups is 1. The Morgan fingerprint density at radius 2 is 2.36 bits per heavy atom. The van der Waals surface area contributed by atoms with Crippen molar-refractivity contribution in [3.05, 3.63) is 29.8 Å². The minimum absolute atomic E-state index is 0.213. The topological polar surface area (TPSA) is 38.7 Å². The van der Waals surface area contributed by atoms with E-state index in [1.165, 1.54) is 6.21 Å². The number of nitrogens with zero attached hydrogens (tertiary/aromatic N) is 1. The minimum Gasteiger partial charge on any atom is -0.426 e. The van der Waals surface area contributed by atoms with Gasteiger partial charge in [-0.05, 0) is 24.6 Å². The van der Waals surface area contributed by atoms with Gasteiger partial charge in [0.25, 0.3) is 0 Å². The normalized spacial score (nSPS) is 10.4. The number of carbonyl (C=O) groups excluding carboxylic acids is 1. The Balaban J connectivity index is 2.56. The van der Waals surface area contributed by atoms with E-state index in [0.29, 0.717) is 5.75 Å². The fourth-order valence-electron chi connectivity index (χ4n) is 1.02. The average Bonchev–Trinajstić information content (AvgIpc) is 2.15. The van der Waals surface area contributed by atoms with Crippen molar-refractivity contribution in [2.75, 3.05) is 7.05 Å². The lowest BCUT2D eigenvalue weighted by atomic mass is 10.2. The Kier molecular flexibility index (Phi) is 3.85. The molecule has 0 N–H and O–H groups in total. The van der Waals surface area contributed by atoms with Gasteiger partial charge in [0.05, 0.1) is 6.42 Å². The SMILES string of the molecule is CN=CCC(=O)Oc1cccc(C)c1. The molecule has 1 aromatic carbocycles. The van der Waals surface area contributed by atoms with E-state index >= 15 is 0 Å². The van der Waals surface area contributed by atoms with Crippen molar-refractivity contribution in [1.82, 2.24) is 0 Å². The van der Waals surface area contributed by atoms with E-state index in [-0.39, 0.29) is 12.4 Å². The molecule has 0 aliphatic heterocycles. The maximum absolute atomic E-state index is 11.2. The first-order chi connectivity index (χ1) is 6.72. The summed E-state index contributed by atoms with van der Waals surface area (Å²) >= 11 is 0. The van der Waals surface area contributed by atoms with Gasteiger partial charge in [0.1, 0.15) is 5.75 Å². The first kappa shape index (κ1) is 10.4. The summed E-state index contributed by atoms with van der Waals surface area (Å²) in [5.74, 6) is 0.292. The molecule has 0 heterocycles. The molecular formula is C11H13NO2. The van der Waals surface area contributed by atoms with Gasteiger partial charge in [0.2, 0.25) is 0 Å². The molecule has 3 heteroatoms. The largest absolute Gasteiger partial charge is 0.426 e. The standard InChI is InChI=1S/C11H13NO2/c1-9-4-3-5-10(8-9)14-11(13)6-7-12-2/h3-5,7-8H,6H2,1-2H3. The number of hydrogen-bond acceptors (Lipinski definition) is 3. The number of aryl methyl sites for hydroxylation is 1. The number of esters is 1. The molecule has 0 spiro atoms. The van der Waals surface area contributed by atoms with Gasteiger partial charge in [-0.25, -0.2) is 0 Å². The summed E-state index contributed by atoms with van der Waals surface area (Å²) in [6, 6.07) is 7.38. The lowest BCUT2D eigenvalue weighted by Gasteiger charge is -2.02. The zero-order valence-corrected chi connectivity index (χ0v) is 8.36. The maximum atomic E-state index is 11.2. The van der Waals surface area contributed by atoms with E-state index in [9.17, 15) is 4.79 Å². The molecule has 74 valence electrons. The van der Waals surface area contributed by atoms with Crippen molar-refractivity contribution < 1.29 is 9.53 Å². The highest BCUT2D eigenvalue weighted by atomic mass is 16.5. The Hall–Kier alpha value is -1.64. The number of rotatable bonds is 3. The van der Waals surface area contributed by atoms with Crippen molar-refractivity contribution in [2.24, 2.45) is 4.99 Å². The van der Waals surface area contributed by atoms with Gasteiger partial charge in [-0.1, -0.05) is 12.1 Å². The fraction of sp³-hybridized carbons (Fsp3) is 0.273. The second-order valence-electron chi connectivity index (χ2n) is 2.94. The number of benzene rings is 1. The molecule has 0 aliphatic rings. The highest BCUT2D eigenvalue weighted by Crippen LogP contribution is 2.12. The third kappa shape index (κ3) is 3.39. The zero-order valence-electron chi connectivity index (χ0n) is 8.36. The molecule has 0 fully saturated rings. The number of hydrogen-bond donors (Lipinski definition) is 0. The van der Waals surface area contributed by atoms with Crippen LogP contribution in [0.1, 0.15) is 12.0 Å². The summed E-state index contributed by atoms with van der Waals surface area (Å²) in [5.41, 5.74) is 1.07. The molecule has 3 nitrogen and oxygen atoms in total. The first-order valence-electron chi connectivity index (χ1n) is 4.40. The molecule has 0 saturated heterocycles. The Morgan fingerprint density at radius 3 is 3.00 bits per heavy atom. The summed E-state index contributed by atoms with van der Waals surface area (Å²) in [6.07, 6.45) is 1.74. The Labute approximate surface area is 83.4 Å². The molecule has 1 aromatic rings. The van der Waals surface area contributed by atoms with Gasteiger partial charge in [-0.2, -0.15) is 0 Å². The van der Waals surface area contributed by atoms with Gasteiger partial charge >= 0.3 is 5.97 Å². The third-order valence-corrected chi connectivity index (χ3v) is 1.66. The third-order valence-electron chi connectivity index (χ3n) is 1.66. The maximum Gasteiger partial charge on any atom is 0.316 e. The van der Waals surface area contributed by atoms with Gasteiger partial charge in [-0.3, -0.25) is 4.79 Å². The van der Waals surface area contributed by atoms with E-state index in [0.717, 1.165) is 5.56 Å². The highest BCUT2D eigenvalue weighted by Gasteiger charge is 2.01. The highest BCUT2D eigenvalue weighted by molar-refractivity contribution is 5.87. The minimum atomic E-state index is -0.291. The average molecular weight is 191 g/mol. The predicted octanol–water partition coefficient (Wildman–Crippen LogP) is 1.99. The molecule has 0 radical (unpaired) electrons. The summed E-state index contributed by atoms with van der Waals surface area (Å²) in [4.78, 5) is 14.9. The Morgan fingerprint density at radius 1 is 1.57 bits per heavy atom. The first-order valence-corrected chi connectivity index (χ1v) is 4.40. The Bertz CT molecular complexity index is 345. The molecule has 0 aliphatic carbocycles.